The van der Waals surface area contributed by atoms with E-state index >= 15 is 0 Å². The largest absolute Gasteiger partial charge is 0.508 e. The number of phenolic OH excluding ortho intramolecular Hbond substituents is 2. The number of rotatable bonds is 14. The van der Waals surface area contributed by atoms with Crippen LogP contribution in [0.5, 0.6) is 23.0 Å². The van der Waals surface area contributed by atoms with Gasteiger partial charge in [-0.1, -0.05) is 64.1 Å². The molecule has 0 aliphatic heterocycles. The second kappa shape index (κ2) is 13.3. The molecule has 0 saturated carbocycles. The molecule has 5 heteroatoms. The Balaban J connectivity index is 2.06. The third-order valence-electron chi connectivity index (χ3n) is 4.59. The van der Waals surface area contributed by atoms with Crippen LogP contribution in [0.3, 0.4) is 0 Å². The quantitative estimate of drug-likeness (QED) is 0.319. The lowest BCUT2D eigenvalue weighted by molar-refractivity contribution is 0.295. The van der Waals surface area contributed by atoms with Crippen LogP contribution >= 0.6 is 11.8 Å². The van der Waals surface area contributed by atoms with E-state index in [4.69, 9.17) is 9.47 Å². The number of aromatic hydroxyl groups is 2. The lowest BCUT2D eigenvalue weighted by Crippen LogP contribution is -2.00. The molecule has 0 amide bonds. The molecule has 0 aliphatic rings. The van der Waals surface area contributed by atoms with Crippen molar-refractivity contribution in [2.45, 2.75) is 75.0 Å². The van der Waals surface area contributed by atoms with Gasteiger partial charge in [0.1, 0.15) is 23.0 Å². The highest BCUT2D eigenvalue weighted by atomic mass is 32.2. The van der Waals surface area contributed by atoms with Crippen molar-refractivity contribution < 1.29 is 19.7 Å². The Morgan fingerprint density at radius 1 is 0.655 bits per heavy atom. The van der Waals surface area contributed by atoms with E-state index in [0.29, 0.717) is 24.7 Å². The van der Waals surface area contributed by atoms with Gasteiger partial charge in [-0.3, -0.25) is 0 Å². The van der Waals surface area contributed by atoms with Crippen LogP contribution in [0.15, 0.2) is 46.2 Å². The van der Waals surface area contributed by atoms with E-state index in [2.05, 4.69) is 13.8 Å². The van der Waals surface area contributed by atoms with Gasteiger partial charge < -0.3 is 19.7 Å². The summed E-state index contributed by atoms with van der Waals surface area (Å²) in [4.78, 5) is 1.83. The highest BCUT2D eigenvalue weighted by Crippen LogP contribution is 2.42. The van der Waals surface area contributed by atoms with Gasteiger partial charge >= 0.3 is 0 Å². The topological polar surface area (TPSA) is 58.9 Å². The average molecular weight is 419 g/mol. The van der Waals surface area contributed by atoms with E-state index in [-0.39, 0.29) is 11.5 Å². The molecule has 0 fully saturated rings. The van der Waals surface area contributed by atoms with Crippen LogP contribution in [0, 0.1) is 0 Å². The van der Waals surface area contributed by atoms with Gasteiger partial charge in [-0.15, -0.1) is 0 Å². The number of benzene rings is 2. The number of unbranched alkanes of at least 4 members (excludes halogenated alkanes) is 6. The normalized spacial score (nSPS) is 10.8. The van der Waals surface area contributed by atoms with Gasteiger partial charge in [0.25, 0.3) is 0 Å². The molecule has 0 atom stereocenters. The van der Waals surface area contributed by atoms with Crippen LogP contribution in [0.2, 0.25) is 0 Å². The van der Waals surface area contributed by atoms with E-state index < -0.39 is 0 Å². The summed E-state index contributed by atoms with van der Waals surface area (Å²) in [7, 11) is 0. The summed E-state index contributed by atoms with van der Waals surface area (Å²) < 4.78 is 11.9. The zero-order valence-electron chi connectivity index (χ0n) is 17.7. The third-order valence-corrected chi connectivity index (χ3v) is 5.70. The fourth-order valence-electron chi connectivity index (χ4n) is 2.93. The zero-order valence-corrected chi connectivity index (χ0v) is 18.5. The molecule has 160 valence electrons. The van der Waals surface area contributed by atoms with Gasteiger partial charge in [0.2, 0.25) is 0 Å². The minimum atomic E-state index is 0.191. The van der Waals surface area contributed by atoms with E-state index in [1.807, 2.05) is 12.1 Å². The Morgan fingerprint density at radius 2 is 1.10 bits per heavy atom. The maximum atomic E-state index is 9.88. The smallest absolute Gasteiger partial charge is 0.136 e. The molecule has 0 aromatic heterocycles. The fraction of sp³-hybridized carbons (Fsp3) is 0.500. The molecular weight excluding hydrogens is 384 g/mol. The zero-order chi connectivity index (χ0) is 20.9. The highest BCUT2D eigenvalue weighted by molar-refractivity contribution is 7.99. The predicted molar refractivity (Wildman–Crippen MR) is 120 cm³/mol. The molecule has 0 spiro atoms. The SMILES string of the molecule is CCCCCCOc1cc(O)ccc1Sc1ccc(O)cc1OCCCCCC. The second-order valence-electron chi connectivity index (χ2n) is 7.18. The average Bonchev–Trinajstić information content (AvgIpc) is 2.71. The predicted octanol–water partition coefficient (Wildman–Crippen LogP) is 7.17. The molecule has 2 aromatic rings. The molecule has 0 bridgehead atoms. The van der Waals surface area contributed by atoms with E-state index in [1.165, 1.54) is 37.4 Å². The van der Waals surface area contributed by atoms with Gasteiger partial charge in [0, 0.05) is 12.1 Å². The molecule has 0 unspecified atom stereocenters. The summed E-state index contributed by atoms with van der Waals surface area (Å²) in [6.07, 6.45) is 9.08. The van der Waals surface area contributed by atoms with Crippen molar-refractivity contribution in [3.05, 3.63) is 36.4 Å². The molecule has 0 aliphatic carbocycles. The Bertz CT molecular complexity index is 671. The van der Waals surface area contributed by atoms with Crippen LogP contribution in [0.4, 0.5) is 0 Å². The van der Waals surface area contributed by atoms with Gasteiger partial charge in [0.15, 0.2) is 0 Å². The molecule has 0 radical (unpaired) electrons. The molecule has 2 aromatic carbocycles. The standard InChI is InChI=1S/C24H34O4S/c1-3-5-7-9-15-27-21-17-19(25)11-13-23(21)29-24-14-12-20(26)18-22(24)28-16-10-8-6-4-2/h11-14,17-18,25-26H,3-10,15-16H2,1-2H3. The summed E-state index contributed by atoms with van der Waals surface area (Å²) in [5, 5.41) is 19.8. The van der Waals surface area contributed by atoms with Gasteiger partial charge in [0.05, 0.1) is 23.0 Å². The van der Waals surface area contributed by atoms with E-state index in [0.717, 1.165) is 35.5 Å². The van der Waals surface area contributed by atoms with Gasteiger partial charge in [-0.05, 0) is 37.1 Å². The molecular formula is C24H34O4S. The van der Waals surface area contributed by atoms with Crippen molar-refractivity contribution >= 4 is 11.8 Å². The summed E-state index contributed by atoms with van der Waals surface area (Å²) in [6.45, 7) is 5.64. The summed E-state index contributed by atoms with van der Waals surface area (Å²) in [5.41, 5.74) is 0. The van der Waals surface area contributed by atoms with Crippen LogP contribution < -0.4 is 9.47 Å². The molecule has 29 heavy (non-hydrogen) atoms. The monoisotopic (exact) mass is 418 g/mol. The number of hydrogen-bond acceptors (Lipinski definition) is 5. The summed E-state index contributed by atoms with van der Waals surface area (Å²) in [6, 6.07) is 10.4. The first-order chi connectivity index (χ1) is 14.1. The van der Waals surface area contributed by atoms with Crippen molar-refractivity contribution in [1.29, 1.82) is 0 Å². The van der Waals surface area contributed by atoms with Crippen molar-refractivity contribution in [1.82, 2.24) is 0 Å². The Labute approximate surface area is 179 Å². The Morgan fingerprint density at radius 3 is 1.52 bits per heavy atom. The van der Waals surface area contributed by atoms with Crippen molar-refractivity contribution in [3.63, 3.8) is 0 Å². The van der Waals surface area contributed by atoms with Crippen LogP contribution in [-0.2, 0) is 0 Å². The minimum absolute atomic E-state index is 0.191. The van der Waals surface area contributed by atoms with Gasteiger partial charge in [-0.25, -0.2) is 0 Å². The lowest BCUT2D eigenvalue weighted by Gasteiger charge is -2.15. The molecule has 2 rings (SSSR count). The Hall–Kier alpha value is -2.01. The van der Waals surface area contributed by atoms with Crippen molar-refractivity contribution in [2.75, 3.05) is 13.2 Å². The van der Waals surface area contributed by atoms with E-state index in [9.17, 15) is 10.2 Å². The molecule has 0 heterocycles. The van der Waals surface area contributed by atoms with Crippen LogP contribution in [0.1, 0.15) is 65.2 Å². The molecule has 4 nitrogen and oxygen atoms in total. The Kier molecular flexibility index (Phi) is 10.6. The fourth-order valence-corrected chi connectivity index (χ4v) is 3.87. The first-order valence-electron chi connectivity index (χ1n) is 10.7. The highest BCUT2D eigenvalue weighted by Gasteiger charge is 2.12. The lowest BCUT2D eigenvalue weighted by atomic mass is 10.2. The second-order valence-corrected chi connectivity index (χ2v) is 8.27. The van der Waals surface area contributed by atoms with Crippen LogP contribution in [-0.4, -0.2) is 23.4 Å². The number of phenols is 2. The van der Waals surface area contributed by atoms with Gasteiger partial charge in [-0.2, -0.15) is 0 Å². The van der Waals surface area contributed by atoms with Crippen molar-refractivity contribution in [2.24, 2.45) is 0 Å². The number of hydrogen-bond donors (Lipinski definition) is 2. The maximum absolute atomic E-state index is 9.88. The van der Waals surface area contributed by atoms with Crippen LogP contribution in [0.25, 0.3) is 0 Å². The maximum Gasteiger partial charge on any atom is 0.136 e. The molecule has 0 saturated heterocycles. The number of ether oxygens (including phenoxy) is 2. The molecule has 2 N–H and O–H groups in total. The minimum Gasteiger partial charge on any atom is -0.508 e. The van der Waals surface area contributed by atoms with Crippen molar-refractivity contribution in [3.8, 4) is 23.0 Å². The first-order valence-corrected chi connectivity index (χ1v) is 11.5. The van der Waals surface area contributed by atoms with E-state index in [1.54, 1.807) is 24.3 Å². The first kappa shape index (κ1) is 23.3. The summed E-state index contributed by atoms with van der Waals surface area (Å²) in [5.74, 6) is 1.73. The third kappa shape index (κ3) is 8.48. The summed E-state index contributed by atoms with van der Waals surface area (Å²) >= 11 is 1.52.